The van der Waals surface area contributed by atoms with E-state index in [-0.39, 0.29) is 0 Å². The standard InChI is InChI=1S/C12H18ClN/c1-3-10(2)14-8-7-11-5-4-6-12(13)9-11/h4-6,9-10,14H,3,7-8H2,1-2H3. The molecule has 0 aliphatic heterocycles. The van der Waals surface area contributed by atoms with E-state index in [0.717, 1.165) is 18.0 Å². The molecule has 1 atom stereocenters. The van der Waals surface area contributed by atoms with Crippen LogP contribution in [0, 0.1) is 0 Å². The number of halogens is 1. The number of hydrogen-bond acceptors (Lipinski definition) is 1. The lowest BCUT2D eigenvalue weighted by Crippen LogP contribution is -2.27. The van der Waals surface area contributed by atoms with Gasteiger partial charge in [0.15, 0.2) is 0 Å². The third-order valence-corrected chi connectivity index (χ3v) is 2.64. The molecule has 78 valence electrons. The molecule has 1 N–H and O–H groups in total. The third-order valence-electron chi connectivity index (χ3n) is 2.41. The van der Waals surface area contributed by atoms with E-state index in [1.54, 1.807) is 0 Å². The van der Waals surface area contributed by atoms with Crippen molar-refractivity contribution in [2.75, 3.05) is 6.54 Å². The Balaban J connectivity index is 2.31. The van der Waals surface area contributed by atoms with Gasteiger partial charge in [-0.05, 0) is 44.0 Å². The smallest absolute Gasteiger partial charge is 0.0408 e. The van der Waals surface area contributed by atoms with Gasteiger partial charge in [-0.2, -0.15) is 0 Å². The van der Waals surface area contributed by atoms with E-state index in [2.05, 4.69) is 25.2 Å². The lowest BCUT2D eigenvalue weighted by Gasteiger charge is -2.10. The van der Waals surface area contributed by atoms with Crippen LogP contribution in [-0.4, -0.2) is 12.6 Å². The predicted molar refractivity (Wildman–Crippen MR) is 62.9 cm³/mol. The highest BCUT2D eigenvalue weighted by Gasteiger charge is 1.97. The van der Waals surface area contributed by atoms with E-state index in [9.17, 15) is 0 Å². The molecule has 0 aliphatic carbocycles. The average molecular weight is 212 g/mol. The minimum Gasteiger partial charge on any atom is -0.314 e. The van der Waals surface area contributed by atoms with Gasteiger partial charge in [-0.25, -0.2) is 0 Å². The van der Waals surface area contributed by atoms with Gasteiger partial charge >= 0.3 is 0 Å². The molecule has 0 aromatic heterocycles. The molecule has 0 radical (unpaired) electrons. The largest absolute Gasteiger partial charge is 0.314 e. The maximum Gasteiger partial charge on any atom is 0.0408 e. The third kappa shape index (κ3) is 4.12. The van der Waals surface area contributed by atoms with Gasteiger partial charge in [0.05, 0.1) is 0 Å². The molecule has 1 nitrogen and oxygen atoms in total. The molecule has 1 unspecified atom stereocenters. The predicted octanol–water partition coefficient (Wildman–Crippen LogP) is 3.27. The van der Waals surface area contributed by atoms with Gasteiger partial charge in [-0.15, -0.1) is 0 Å². The van der Waals surface area contributed by atoms with Crippen LogP contribution >= 0.6 is 11.6 Å². The van der Waals surface area contributed by atoms with Crippen LogP contribution < -0.4 is 5.32 Å². The summed E-state index contributed by atoms with van der Waals surface area (Å²) in [6.45, 7) is 5.42. The van der Waals surface area contributed by atoms with Crippen molar-refractivity contribution < 1.29 is 0 Å². The Morgan fingerprint density at radius 1 is 1.43 bits per heavy atom. The summed E-state index contributed by atoms with van der Waals surface area (Å²) in [6, 6.07) is 8.66. The van der Waals surface area contributed by atoms with Crippen LogP contribution in [-0.2, 0) is 6.42 Å². The fraction of sp³-hybridized carbons (Fsp3) is 0.500. The monoisotopic (exact) mass is 211 g/mol. The van der Waals surface area contributed by atoms with Gasteiger partial charge in [-0.3, -0.25) is 0 Å². The van der Waals surface area contributed by atoms with E-state index in [0.29, 0.717) is 6.04 Å². The molecule has 0 aliphatic rings. The van der Waals surface area contributed by atoms with Gasteiger partial charge in [0.1, 0.15) is 0 Å². The molecule has 0 heterocycles. The van der Waals surface area contributed by atoms with E-state index in [4.69, 9.17) is 11.6 Å². The average Bonchev–Trinajstić information content (AvgIpc) is 2.17. The maximum atomic E-state index is 5.89. The van der Waals surface area contributed by atoms with Gasteiger partial charge in [0, 0.05) is 11.1 Å². The molecule has 1 aromatic carbocycles. The van der Waals surface area contributed by atoms with E-state index in [1.807, 2.05) is 18.2 Å². The molecule has 1 aromatic rings. The highest BCUT2D eigenvalue weighted by atomic mass is 35.5. The van der Waals surface area contributed by atoms with Crippen LogP contribution in [0.25, 0.3) is 0 Å². The summed E-state index contributed by atoms with van der Waals surface area (Å²) in [7, 11) is 0. The summed E-state index contributed by atoms with van der Waals surface area (Å²) in [5.41, 5.74) is 1.30. The van der Waals surface area contributed by atoms with Crippen molar-refractivity contribution >= 4 is 11.6 Å². The zero-order valence-corrected chi connectivity index (χ0v) is 9.64. The Bertz CT molecular complexity index is 273. The summed E-state index contributed by atoms with van der Waals surface area (Å²) in [5.74, 6) is 0. The topological polar surface area (TPSA) is 12.0 Å². The molecule has 0 spiro atoms. The van der Waals surface area contributed by atoms with Gasteiger partial charge in [-0.1, -0.05) is 30.7 Å². The van der Waals surface area contributed by atoms with Crippen molar-refractivity contribution in [1.82, 2.24) is 5.32 Å². The van der Waals surface area contributed by atoms with Crippen LogP contribution in [0.4, 0.5) is 0 Å². The number of benzene rings is 1. The fourth-order valence-corrected chi connectivity index (χ4v) is 1.51. The second-order valence-corrected chi connectivity index (χ2v) is 4.08. The molecule has 0 amide bonds. The fourth-order valence-electron chi connectivity index (χ4n) is 1.30. The normalized spacial score (nSPS) is 12.8. The van der Waals surface area contributed by atoms with Crippen LogP contribution in [0.1, 0.15) is 25.8 Å². The van der Waals surface area contributed by atoms with Crippen LogP contribution in [0.3, 0.4) is 0 Å². The first-order valence-corrected chi connectivity index (χ1v) is 5.58. The highest BCUT2D eigenvalue weighted by molar-refractivity contribution is 6.30. The van der Waals surface area contributed by atoms with Crippen molar-refractivity contribution in [3.63, 3.8) is 0 Å². The molecular weight excluding hydrogens is 194 g/mol. The number of rotatable bonds is 5. The molecule has 0 saturated heterocycles. The minimum absolute atomic E-state index is 0.606. The van der Waals surface area contributed by atoms with Crippen molar-refractivity contribution in [2.24, 2.45) is 0 Å². The zero-order valence-electron chi connectivity index (χ0n) is 8.89. The summed E-state index contributed by atoms with van der Waals surface area (Å²) in [6.07, 6.45) is 2.22. The summed E-state index contributed by atoms with van der Waals surface area (Å²) >= 11 is 5.89. The number of nitrogens with one attached hydrogen (secondary N) is 1. The van der Waals surface area contributed by atoms with Gasteiger partial charge in [0.25, 0.3) is 0 Å². The molecule has 14 heavy (non-hydrogen) atoms. The molecule has 0 saturated carbocycles. The Morgan fingerprint density at radius 3 is 2.86 bits per heavy atom. The number of hydrogen-bond donors (Lipinski definition) is 1. The van der Waals surface area contributed by atoms with Crippen molar-refractivity contribution in [1.29, 1.82) is 0 Å². The van der Waals surface area contributed by atoms with Gasteiger partial charge < -0.3 is 5.32 Å². The van der Waals surface area contributed by atoms with Crippen LogP contribution in [0.5, 0.6) is 0 Å². The molecule has 0 fully saturated rings. The second kappa shape index (κ2) is 6.05. The Hall–Kier alpha value is -0.530. The second-order valence-electron chi connectivity index (χ2n) is 3.64. The molecule has 2 heteroatoms. The zero-order chi connectivity index (χ0) is 10.4. The minimum atomic E-state index is 0.606. The lowest BCUT2D eigenvalue weighted by atomic mass is 10.1. The quantitative estimate of drug-likeness (QED) is 0.789. The summed E-state index contributed by atoms with van der Waals surface area (Å²) < 4.78 is 0. The summed E-state index contributed by atoms with van der Waals surface area (Å²) in [4.78, 5) is 0. The molecular formula is C12H18ClN. The summed E-state index contributed by atoms with van der Waals surface area (Å²) in [5, 5.41) is 4.28. The van der Waals surface area contributed by atoms with Gasteiger partial charge in [0.2, 0.25) is 0 Å². The van der Waals surface area contributed by atoms with Crippen LogP contribution in [0.15, 0.2) is 24.3 Å². The Labute approximate surface area is 91.5 Å². The SMILES string of the molecule is CCC(C)NCCc1cccc(Cl)c1. The van der Waals surface area contributed by atoms with Crippen molar-refractivity contribution in [3.8, 4) is 0 Å². The van der Waals surface area contributed by atoms with E-state index in [1.165, 1.54) is 12.0 Å². The van der Waals surface area contributed by atoms with Crippen molar-refractivity contribution in [3.05, 3.63) is 34.9 Å². The Kier molecular flexibility index (Phi) is 4.99. The maximum absolute atomic E-state index is 5.89. The molecule has 0 bridgehead atoms. The van der Waals surface area contributed by atoms with E-state index < -0.39 is 0 Å². The lowest BCUT2D eigenvalue weighted by molar-refractivity contribution is 0.537. The first-order valence-electron chi connectivity index (χ1n) is 5.20. The van der Waals surface area contributed by atoms with E-state index >= 15 is 0 Å². The first kappa shape index (κ1) is 11.5. The van der Waals surface area contributed by atoms with Crippen molar-refractivity contribution in [2.45, 2.75) is 32.7 Å². The van der Waals surface area contributed by atoms with Crippen LogP contribution in [0.2, 0.25) is 5.02 Å². The Morgan fingerprint density at radius 2 is 2.21 bits per heavy atom. The molecule has 1 rings (SSSR count). The highest BCUT2D eigenvalue weighted by Crippen LogP contribution is 2.10. The first-order chi connectivity index (χ1) is 6.72.